The highest BCUT2D eigenvalue weighted by Crippen LogP contribution is 2.11. The topological polar surface area (TPSA) is 20.3 Å². The monoisotopic (exact) mass is 337 g/mol. The van der Waals surface area contributed by atoms with Crippen LogP contribution in [0.5, 0.6) is 0 Å². The lowest BCUT2D eigenvalue weighted by atomic mass is 9.98. The van der Waals surface area contributed by atoms with Crippen LogP contribution in [0.1, 0.15) is 57.5 Å². The molecular formula is C23H31NO. The van der Waals surface area contributed by atoms with Gasteiger partial charge >= 0.3 is 0 Å². The molecule has 0 N–H and O–H groups in total. The second-order valence-electron chi connectivity index (χ2n) is 7.54. The van der Waals surface area contributed by atoms with E-state index >= 15 is 0 Å². The maximum Gasteiger partial charge on any atom is 0.185 e. The van der Waals surface area contributed by atoms with Crippen LogP contribution >= 0.6 is 0 Å². The Bertz CT molecular complexity index is 689. The molecule has 0 fully saturated rings. The summed E-state index contributed by atoms with van der Waals surface area (Å²) >= 11 is 0. The molecule has 0 spiro atoms. The SMILES string of the molecule is CCN(C/C=C/C#CC(C)(C)C)Cc1cccc(C(=O)C=C(C)C)c1. The van der Waals surface area contributed by atoms with Crippen LogP contribution in [0.25, 0.3) is 0 Å². The van der Waals surface area contributed by atoms with E-state index in [1.54, 1.807) is 6.08 Å². The van der Waals surface area contributed by atoms with Gasteiger partial charge in [0.25, 0.3) is 0 Å². The van der Waals surface area contributed by atoms with E-state index in [9.17, 15) is 4.79 Å². The normalized spacial score (nSPS) is 11.3. The second-order valence-corrected chi connectivity index (χ2v) is 7.54. The molecule has 0 aliphatic carbocycles. The maximum atomic E-state index is 12.2. The Kier molecular flexibility index (Phi) is 8.38. The number of carbonyl (C=O) groups is 1. The van der Waals surface area contributed by atoms with Crippen LogP contribution in [0, 0.1) is 17.3 Å². The van der Waals surface area contributed by atoms with E-state index < -0.39 is 0 Å². The van der Waals surface area contributed by atoms with Crippen molar-refractivity contribution in [2.24, 2.45) is 5.41 Å². The van der Waals surface area contributed by atoms with Crippen molar-refractivity contribution in [1.29, 1.82) is 0 Å². The lowest BCUT2D eigenvalue weighted by molar-refractivity contribution is 0.104. The average molecular weight is 338 g/mol. The maximum absolute atomic E-state index is 12.2. The predicted octanol–water partition coefficient (Wildman–Crippen LogP) is 5.26. The molecular weight excluding hydrogens is 306 g/mol. The van der Waals surface area contributed by atoms with Crippen molar-refractivity contribution >= 4 is 5.78 Å². The molecule has 1 rings (SSSR count). The fourth-order valence-electron chi connectivity index (χ4n) is 2.25. The largest absolute Gasteiger partial charge is 0.296 e. The van der Waals surface area contributed by atoms with Gasteiger partial charge in [-0.15, -0.1) is 0 Å². The van der Waals surface area contributed by atoms with Gasteiger partial charge in [-0.25, -0.2) is 0 Å². The summed E-state index contributed by atoms with van der Waals surface area (Å²) in [5.74, 6) is 6.37. The highest BCUT2D eigenvalue weighted by atomic mass is 16.1. The number of allylic oxidation sites excluding steroid dienone is 3. The molecule has 0 aromatic heterocycles. The molecule has 0 radical (unpaired) electrons. The third-order valence-electron chi connectivity index (χ3n) is 3.50. The lowest BCUT2D eigenvalue weighted by Crippen LogP contribution is -2.23. The van der Waals surface area contributed by atoms with Gasteiger partial charge in [-0.3, -0.25) is 9.69 Å². The standard InChI is InChI=1S/C23H31NO/c1-7-24(15-10-8-9-14-23(4,5)6)18-20-12-11-13-21(17-20)22(25)16-19(2)3/h8,10-13,16-17H,7,15,18H2,1-6H3/b10-8+. The fraction of sp³-hybridized carbons (Fsp3) is 0.435. The minimum absolute atomic E-state index is 0.0348. The number of nitrogens with zero attached hydrogens (tertiary/aromatic N) is 1. The molecule has 0 saturated carbocycles. The number of carbonyl (C=O) groups excluding carboxylic acids is 1. The Morgan fingerprint density at radius 3 is 2.56 bits per heavy atom. The van der Waals surface area contributed by atoms with Gasteiger partial charge in [0, 0.05) is 24.1 Å². The molecule has 0 aliphatic rings. The van der Waals surface area contributed by atoms with Crippen LogP contribution in [-0.2, 0) is 6.54 Å². The third kappa shape index (κ3) is 9.08. The van der Waals surface area contributed by atoms with Crippen LogP contribution in [0.4, 0.5) is 0 Å². The first-order valence-corrected chi connectivity index (χ1v) is 8.89. The van der Waals surface area contributed by atoms with Gasteiger partial charge in [-0.1, -0.05) is 48.6 Å². The molecule has 0 atom stereocenters. The first kappa shape index (κ1) is 20.9. The summed E-state index contributed by atoms with van der Waals surface area (Å²) in [6.07, 6.45) is 5.72. The molecule has 0 amide bonds. The molecule has 0 unspecified atom stereocenters. The van der Waals surface area contributed by atoms with Crippen molar-refractivity contribution in [2.75, 3.05) is 13.1 Å². The van der Waals surface area contributed by atoms with E-state index in [0.29, 0.717) is 0 Å². The highest BCUT2D eigenvalue weighted by molar-refractivity contribution is 6.04. The zero-order valence-corrected chi connectivity index (χ0v) is 16.5. The lowest BCUT2D eigenvalue weighted by Gasteiger charge is -2.18. The summed E-state index contributed by atoms with van der Waals surface area (Å²) in [4.78, 5) is 14.5. The molecule has 0 bridgehead atoms. The Labute approximate surface area is 153 Å². The van der Waals surface area contributed by atoms with Crippen LogP contribution in [0.15, 0.2) is 48.1 Å². The van der Waals surface area contributed by atoms with E-state index in [1.165, 1.54) is 0 Å². The Morgan fingerprint density at radius 2 is 1.96 bits per heavy atom. The number of hydrogen-bond acceptors (Lipinski definition) is 2. The summed E-state index contributed by atoms with van der Waals surface area (Å²) in [6, 6.07) is 7.90. The van der Waals surface area contributed by atoms with Crippen molar-refractivity contribution in [3.8, 4) is 11.8 Å². The summed E-state index contributed by atoms with van der Waals surface area (Å²) in [5, 5.41) is 0. The summed E-state index contributed by atoms with van der Waals surface area (Å²) in [6.45, 7) is 15.0. The minimum Gasteiger partial charge on any atom is -0.296 e. The molecule has 0 aliphatic heterocycles. The Morgan fingerprint density at radius 1 is 1.24 bits per heavy atom. The van der Waals surface area contributed by atoms with Crippen LogP contribution in [-0.4, -0.2) is 23.8 Å². The van der Waals surface area contributed by atoms with Crippen molar-refractivity contribution in [3.05, 3.63) is 59.2 Å². The zero-order valence-electron chi connectivity index (χ0n) is 16.5. The van der Waals surface area contributed by atoms with Crippen LogP contribution in [0.2, 0.25) is 0 Å². The van der Waals surface area contributed by atoms with Crippen molar-refractivity contribution < 1.29 is 4.79 Å². The molecule has 2 heteroatoms. The van der Waals surface area contributed by atoms with Crippen LogP contribution < -0.4 is 0 Å². The van der Waals surface area contributed by atoms with E-state index in [1.807, 2.05) is 38.1 Å². The van der Waals surface area contributed by atoms with Gasteiger partial charge in [0.15, 0.2) is 5.78 Å². The fourth-order valence-corrected chi connectivity index (χ4v) is 2.25. The number of ketones is 1. The number of hydrogen-bond donors (Lipinski definition) is 0. The summed E-state index contributed by atoms with van der Waals surface area (Å²) in [7, 11) is 0. The van der Waals surface area contributed by atoms with E-state index in [0.717, 1.165) is 36.3 Å². The summed E-state index contributed by atoms with van der Waals surface area (Å²) < 4.78 is 0. The quantitative estimate of drug-likeness (QED) is 0.384. The van der Waals surface area contributed by atoms with E-state index in [4.69, 9.17) is 0 Å². The smallest absolute Gasteiger partial charge is 0.185 e. The van der Waals surface area contributed by atoms with Crippen molar-refractivity contribution in [3.63, 3.8) is 0 Å². The number of likely N-dealkylation sites (N-methyl/N-ethyl adjacent to an activating group) is 1. The first-order valence-electron chi connectivity index (χ1n) is 8.89. The molecule has 0 saturated heterocycles. The van der Waals surface area contributed by atoms with Gasteiger partial charge in [-0.05, 0) is 64.9 Å². The molecule has 0 heterocycles. The molecule has 1 aromatic carbocycles. The average Bonchev–Trinajstić information content (AvgIpc) is 2.52. The Balaban J connectivity index is 2.72. The first-order chi connectivity index (χ1) is 11.7. The zero-order chi connectivity index (χ0) is 18.9. The van der Waals surface area contributed by atoms with Gasteiger partial charge in [-0.2, -0.15) is 0 Å². The van der Waals surface area contributed by atoms with Gasteiger partial charge in [0.05, 0.1) is 0 Å². The highest BCUT2D eigenvalue weighted by Gasteiger charge is 2.06. The van der Waals surface area contributed by atoms with Crippen LogP contribution in [0.3, 0.4) is 0 Å². The second kappa shape index (κ2) is 10.0. The molecule has 134 valence electrons. The van der Waals surface area contributed by atoms with Gasteiger partial charge in [0.2, 0.25) is 0 Å². The molecule has 25 heavy (non-hydrogen) atoms. The van der Waals surface area contributed by atoms with Gasteiger partial charge in [0.1, 0.15) is 0 Å². The van der Waals surface area contributed by atoms with E-state index in [2.05, 4.69) is 56.6 Å². The Hall–Kier alpha value is -2.11. The predicted molar refractivity (Wildman–Crippen MR) is 108 cm³/mol. The van der Waals surface area contributed by atoms with Crippen molar-refractivity contribution in [2.45, 2.75) is 48.1 Å². The van der Waals surface area contributed by atoms with Crippen molar-refractivity contribution in [1.82, 2.24) is 4.90 Å². The summed E-state index contributed by atoms with van der Waals surface area (Å²) in [5.41, 5.74) is 2.96. The third-order valence-corrected chi connectivity index (χ3v) is 3.50. The van der Waals surface area contributed by atoms with E-state index in [-0.39, 0.29) is 11.2 Å². The number of benzene rings is 1. The van der Waals surface area contributed by atoms with Gasteiger partial charge < -0.3 is 0 Å². The number of rotatable bonds is 7. The minimum atomic E-state index is 0.0348. The molecule has 2 nitrogen and oxygen atoms in total. The molecule has 1 aromatic rings.